The number of aryl methyl sites for hydroxylation is 1. The van der Waals surface area contributed by atoms with Crippen LogP contribution in [0.25, 0.3) is 17.1 Å². The number of H-pyrrole nitrogens is 1. The number of anilines is 1. The maximum atomic E-state index is 13.2. The van der Waals surface area contributed by atoms with Crippen LogP contribution in [0, 0.1) is 12.7 Å². The summed E-state index contributed by atoms with van der Waals surface area (Å²) in [5.41, 5.74) is 5.36. The number of hydrogen-bond donors (Lipinski definition) is 1. The number of aromatic amines is 1. The summed E-state index contributed by atoms with van der Waals surface area (Å²) in [4.78, 5) is 13.8. The van der Waals surface area contributed by atoms with Crippen molar-refractivity contribution in [3.8, 4) is 11.6 Å². The van der Waals surface area contributed by atoms with E-state index in [1.807, 2.05) is 21.7 Å². The lowest BCUT2D eigenvalue weighted by Crippen LogP contribution is -2.36. The fourth-order valence-corrected chi connectivity index (χ4v) is 4.03. The van der Waals surface area contributed by atoms with Crippen LogP contribution >= 0.6 is 0 Å². The maximum absolute atomic E-state index is 13.2. The van der Waals surface area contributed by atoms with E-state index < -0.39 is 5.82 Å². The number of hydrogen-bond acceptors (Lipinski definition) is 7. The van der Waals surface area contributed by atoms with E-state index in [4.69, 9.17) is 9.52 Å². The van der Waals surface area contributed by atoms with Crippen LogP contribution in [0.1, 0.15) is 28.7 Å². The van der Waals surface area contributed by atoms with Crippen molar-refractivity contribution >= 4 is 11.5 Å². The second-order valence-electron chi connectivity index (χ2n) is 7.45. The van der Waals surface area contributed by atoms with Gasteiger partial charge in [-0.2, -0.15) is 5.10 Å². The molecule has 1 aliphatic rings. The van der Waals surface area contributed by atoms with E-state index in [1.54, 1.807) is 6.33 Å². The molecule has 0 aliphatic carbocycles. The van der Waals surface area contributed by atoms with Gasteiger partial charge in [-0.15, -0.1) is 5.10 Å². The Morgan fingerprint density at radius 3 is 2.97 bits per heavy atom. The van der Waals surface area contributed by atoms with E-state index in [1.165, 1.54) is 12.1 Å². The minimum atomic E-state index is -0.423. The molecule has 6 heterocycles. The zero-order valence-electron chi connectivity index (χ0n) is 16.5. The van der Waals surface area contributed by atoms with Crippen molar-refractivity contribution in [3.63, 3.8) is 0 Å². The molecule has 0 saturated carbocycles. The number of nitrogens with one attached hydrogen (secondary N) is 1. The van der Waals surface area contributed by atoms with Gasteiger partial charge in [0.25, 0.3) is 5.89 Å². The quantitative estimate of drug-likeness (QED) is 0.482. The molecule has 0 bridgehead atoms. The average Bonchev–Trinajstić information content (AvgIpc) is 3.52. The van der Waals surface area contributed by atoms with E-state index in [0.717, 1.165) is 40.8 Å². The van der Waals surface area contributed by atoms with Gasteiger partial charge in [-0.05, 0) is 36.8 Å². The lowest BCUT2D eigenvalue weighted by Gasteiger charge is -2.32. The molecule has 0 radical (unpaired) electrons. The molecular formula is C21H17FN8O. The molecule has 1 aliphatic heterocycles. The highest BCUT2D eigenvalue weighted by Crippen LogP contribution is 2.37. The second kappa shape index (κ2) is 6.73. The third-order valence-corrected chi connectivity index (χ3v) is 5.54. The Labute approximate surface area is 175 Å². The SMILES string of the molecule is Cc1cccn2nc([C@H]3c4nc[nH]c4CCN3c3nnc(-c4ccc(F)cn4)o3)cc12. The molecule has 31 heavy (non-hydrogen) atoms. The number of rotatable bonds is 3. The van der Waals surface area contributed by atoms with Gasteiger partial charge in [0.2, 0.25) is 0 Å². The molecule has 10 heteroatoms. The van der Waals surface area contributed by atoms with Gasteiger partial charge in [-0.25, -0.2) is 18.9 Å². The van der Waals surface area contributed by atoms with Gasteiger partial charge >= 0.3 is 6.01 Å². The molecule has 6 rings (SSSR count). The number of aromatic nitrogens is 7. The molecule has 1 atom stereocenters. The Kier molecular flexibility index (Phi) is 3.85. The third kappa shape index (κ3) is 2.87. The van der Waals surface area contributed by atoms with Gasteiger partial charge < -0.3 is 14.3 Å². The third-order valence-electron chi connectivity index (χ3n) is 5.54. The number of halogens is 1. The minimum Gasteiger partial charge on any atom is -0.402 e. The first-order valence-corrected chi connectivity index (χ1v) is 9.86. The molecule has 0 aromatic carbocycles. The highest BCUT2D eigenvalue weighted by atomic mass is 19.1. The Morgan fingerprint density at radius 2 is 2.13 bits per heavy atom. The Morgan fingerprint density at radius 1 is 1.19 bits per heavy atom. The van der Waals surface area contributed by atoms with Gasteiger partial charge in [0.15, 0.2) is 0 Å². The summed E-state index contributed by atoms with van der Waals surface area (Å²) in [6.07, 6.45) is 5.50. The van der Waals surface area contributed by atoms with Gasteiger partial charge in [0, 0.05) is 24.9 Å². The van der Waals surface area contributed by atoms with Crippen molar-refractivity contribution in [3.05, 3.63) is 77.5 Å². The summed E-state index contributed by atoms with van der Waals surface area (Å²) in [6.45, 7) is 2.70. The molecule has 9 nitrogen and oxygen atoms in total. The molecule has 5 aromatic heterocycles. The highest BCUT2D eigenvalue weighted by molar-refractivity contribution is 5.57. The van der Waals surface area contributed by atoms with Crippen LogP contribution in [0.15, 0.2) is 53.5 Å². The van der Waals surface area contributed by atoms with Crippen molar-refractivity contribution in [1.29, 1.82) is 0 Å². The first-order valence-electron chi connectivity index (χ1n) is 9.86. The van der Waals surface area contributed by atoms with Crippen LogP contribution in [0.4, 0.5) is 10.4 Å². The van der Waals surface area contributed by atoms with E-state index in [0.29, 0.717) is 18.3 Å². The van der Waals surface area contributed by atoms with Crippen LogP contribution < -0.4 is 4.90 Å². The van der Waals surface area contributed by atoms with E-state index in [9.17, 15) is 4.39 Å². The number of nitrogens with zero attached hydrogens (tertiary/aromatic N) is 7. The van der Waals surface area contributed by atoms with Crippen molar-refractivity contribution in [1.82, 2.24) is 34.8 Å². The first-order chi connectivity index (χ1) is 15.2. The zero-order valence-corrected chi connectivity index (χ0v) is 16.5. The molecule has 5 aromatic rings. The average molecular weight is 416 g/mol. The van der Waals surface area contributed by atoms with Crippen LogP contribution in [0.3, 0.4) is 0 Å². The topological polar surface area (TPSA) is 101 Å². The largest absolute Gasteiger partial charge is 0.402 e. The lowest BCUT2D eigenvalue weighted by atomic mass is 10.00. The predicted molar refractivity (Wildman–Crippen MR) is 109 cm³/mol. The number of imidazole rings is 1. The van der Waals surface area contributed by atoms with Crippen molar-refractivity contribution < 1.29 is 8.81 Å². The van der Waals surface area contributed by atoms with E-state index in [2.05, 4.69) is 44.2 Å². The fraction of sp³-hybridized carbons (Fsp3) is 0.190. The molecule has 0 spiro atoms. The van der Waals surface area contributed by atoms with Gasteiger partial charge in [-0.3, -0.25) is 0 Å². The molecule has 0 fully saturated rings. The Bertz CT molecular complexity index is 1390. The van der Waals surface area contributed by atoms with Gasteiger partial charge in [-0.1, -0.05) is 11.2 Å². The van der Waals surface area contributed by atoms with Gasteiger partial charge in [0.05, 0.1) is 29.4 Å². The van der Waals surface area contributed by atoms with Crippen LogP contribution in [0.5, 0.6) is 0 Å². The first kappa shape index (κ1) is 17.8. The Hall–Kier alpha value is -4.08. The van der Waals surface area contributed by atoms with Crippen molar-refractivity contribution in [2.75, 3.05) is 11.4 Å². The highest BCUT2D eigenvalue weighted by Gasteiger charge is 2.36. The minimum absolute atomic E-state index is 0.229. The number of pyridine rings is 2. The summed E-state index contributed by atoms with van der Waals surface area (Å²) >= 11 is 0. The monoisotopic (exact) mass is 416 g/mol. The van der Waals surface area contributed by atoms with E-state index in [-0.39, 0.29) is 11.9 Å². The predicted octanol–water partition coefficient (Wildman–Crippen LogP) is 3.10. The normalized spacial score (nSPS) is 16.1. The van der Waals surface area contributed by atoms with Crippen LogP contribution in [-0.2, 0) is 6.42 Å². The molecule has 154 valence electrons. The van der Waals surface area contributed by atoms with Gasteiger partial charge in [0.1, 0.15) is 17.6 Å². The summed E-state index contributed by atoms with van der Waals surface area (Å²) in [5.74, 6) is -0.194. The summed E-state index contributed by atoms with van der Waals surface area (Å²) < 4.78 is 21.0. The standard InChI is InChI=1S/C21H17FN8O/c1-12-3-2-7-30-17(12)9-16(28-30)19-18-14(24-11-25-18)6-8-29(19)21-27-26-20(31-21)15-5-4-13(22)10-23-15/h2-5,7,9-11,19H,6,8H2,1H3,(H,24,25)/t19-/m0/s1. The van der Waals surface area contributed by atoms with Crippen LogP contribution in [-0.4, -0.2) is 41.3 Å². The molecule has 0 saturated heterocycles. The summed E-state index contributed by atoms with van der Waals surface area (Å²) in [6, 6.07) is 8.96. The van der Waals surface area contributed by atoms with Crippen molar-refractivity contribution in [2.24, 2.45) is 0 Å². The molecule has 0 unspecified atom stereocenters. The van der Waals surface area contributed by atoms with Crippen molar-refractivity contribution in [2.45, 2.75) is 19.4 Å². The van der Waals surface area contributed by atoms with Crippen LogP contribution in [0.2, 0.25) is 0 Å². The number of fused-ring (bicyclic) bond motifs is 2. The Balaban J connectivity index is 1.44. The fourth-order valence-electron chi connectivity index (χ4n) is 4.03. The van der Waals surface area contributed by atoms with E-state index >= 15 is 0 Å². The summed E-state index contributed by atoms with van der Waals surface area (Å²) in [5, 5.41) is 13.2. The molecule has 1 N–H and O–H groups in total. The molecular weight excluding hydrogens is 399 g/mol. The zero-order chi connectivity index (χ0) is 20.9. The molecule has 0 amide bonds. The lowest BCUT2D eigenvalue weighted by molar-refractivity contribution is 0.502. The summed E-state index contributed by atoms with van der Waals surface area (Å²) in [7, 11) is 0. The second-order valence-corrected chi connectivity index (χ2v) is 7.45. The smallest absolute Gasteiger partial charge is 0.319 e. The maximum Gasteiger partial charge on any atom is 0.319 e.